The molecule has 0 radical (unpaired) electrons. The van der Waals surface area contributed by atoms with E-state index in [1.54, 1.807) is 26.0 Å². The third kappa shape index (κ3) is 2.08. The Morgan fingerprint density at radius 2 is 1.94 bits per heavy atom. The maximum Gasteiger partial charge on any atom is 0.174 e. The van der Waals surface area contributed by atoms with Crippen LogP contribution in [0.3, 0.4) is 0 Å². The van der Waals surface area contributed by atoms with E-state index in [1.165, 1.54) is 5.56 Å². The molecule has 1 atom stereocenters. The molecule has 0 aliphatic heterocycles. The Morgan fingerprint density at radius 3 is 2.33 bits per heavy atom. The Hall–Kier alpha value is -0.870. The van der Waals surface area contributed by atoms with Crippen LogP contribution in [-0.2, 0) is 5.41 Å². The van der Waals surface area contributed by atoms with Crippen LogP contribution in [0.15, 0.2) is 17.0 Å². The quantitative estimate of drug-likeness (QED) is 0.833. The van der Waals surface area contributed by atoms with Crippen molar-refractivity contribution >= 4 is 11.8 Å². The van der Waals surface area contributed by atoms with Gasteiger partial charge in [0.05, 0.1) is 19.1 Å². The van der Waals surface area contributed by atoms with Gasteiger partial charge in [0.25, 0.3) is 0 Å². The minimum absolute atomic E-state index is 0.143. The largest absolute Gasteiger partial charge is 0.493 e. The maximum absolute atomic E-state index is 6.14. The first-order chi connectivity index (χ1) is 8.58. The summed E-state index contributed by atoms with van der Waals surface area (Å²) in [7, 11) is 3.35. The molecule has 0 spiro atoms. The molecule has 2 rings (SSSR count). The van der Waals surface area contributed by atoms with Gasteiger partial charge in [-0.25, -0.2) is 0 Å². The van der Waals surface area contributed by atoms with Crippen molar-refractivity contribution in [2.75, 3.05) is 20.5 Å². The van der Waals surface area contributed by atoms with E-state index in [2.05, 4.69) is 19.1 Å². The van der Waals surface area contributed by atoms with Gasteiger partial charge in [0.2, 0.25) is 0 Å². The van der Waals surface area contributed by atoms with Gasteiger partial charge in [0.15, 0.2) is 11.5 Å². The van der Waals surface area contributed by atoms with E-state index in [4.69, 9.17) is 15.2 Å². The van der Waals surface area contributed by atoms with Crippen LogP contribution in [0.4, 0.5) is 0 Å². The van der Waals surface area contributed by atoms with Gasteiger partial charge >= 0.3 is 0 Å². The van der Waals surface area contributed by atoms with Crippen molar-refractivity contribution in [3.05, 3.63) is 17.7 Å². The highest BCUT2D eigenvalue weighted by Crippen LogP contribution is 2.53. The minimum Gasteiger partial charge on any atom is -0.493 e. The van der Waals surface area contributed by atoms with E-state index >= 15 is 0 Å². The number of rotatable bonds is 5. The molecule has 100 valence electrons. The van der Waals surface area contributed by atoms with Crippen molar-refractivity contribution in [3.8, 4) is 11.5 Å². The highest BCUT2D eigenvalue weighted by Gasteiger charge is 2.48. The van der Waals surface area contributed by atoms with Gasteiger partial charge in [0.1, 0.15) is 0 Å². The van der Waals surface area contributed by atoms with Gasteiger partial charge in [-0.3, -0.25) is 0 Å². The van der Waals surface area contributed by atoms with E-state index < -0.39 is 0 Å². The second-order valence-corrected chi connectivity index (χ2v) is 5.71. The van der Waals surface area contributed by atoms with Crippen LogP contribution in [-0.4, -0.2) is 26.5 Å². The average Bonchev–Trinajstić information content (AvgIpc) is 3.18. The number of thioether (sulfide) groups is 1. The molecular formula is C14H21NO2S. The summed E-state index contributed by atoms with van der Waals surface area (Å²) in [6.45, 7) is 2.09. The fourth-order valence-corrected chi connectivity index (χ4v) is 3.12. The highest BCUT2D eigenvalue weighted by atomic mass is 32.2. The smallest absolute Gasteiger partial charge is 0.174 e. The zero-order valence-electron chi connectivity index (χ0n) is 11.4. The highest BCUT2D eigenvalue weighted by molar-refractivity contribution is 7.98. The Bertz CT molecular complexity index is 416. The van der Waals surface area contributed by atoms with Crippen LogP contribution in [0.25, 0.3) is 0 Å². The SMILES string of the molecule is COc1cc(C2(C(C)N)CC2)cc(SC)c1OC. The van der Waals surface area contributed by atoms with E-state index in [9.17, 15) is 0 Å². The molecule has 1 fully saturated rings. The first-order valence-electron chi connectivity index (χ1n) is 6.15. The fourth-order valence-electron chi connectivity index (χ4n) is 2.51. The van der Waals surface area contributed by atoms with Crippen molar-refractivity contribution < 1.29 is 9.47 Å². The van der Waals surface area contributed by atoms with Gasteiger partial charge in [-0.15, -0.1) is 11.8 Å². The lowest BCUT2D eigenvalue weighted by Gasteiger charge is -2.22. The molecule has 0 heterocycles. The van der Waals surface area contributed by atoms with E-state index in [1.807, 2.05) is 6.26 Å². The first-order valence-corrected chi connectivity index (χ1v) is 7.37. The summed E-state index contributed by atoms with van der Waals surface area (Å²) in [6.07, 6.45) is 4.37. The standard InChI is InChI=1S/C14H21NO2S/c1-9(15)14(5-6-14)10-7-11(16-2)13(17-3)12(8-10)18-4/h7-9H,5-6,15H2,1-4H3. The molecular weight excluding hydrogens is 246 g/mol. The molecule has 0 amide bonds. The molecule has 1 aromatic rings. The van der Waals surface area contributed by atoms with Crippen LogP contribution >= 0.6 is 11.8 Å². The molecule has 1 saturated carbocycles. The average molecular weight is 267 g/mol. The topological polar surface area (TPSA) is 44.5 Å². The second-order valence-electron chi connectivity index (χ2n) is 4.86. The lowest BCUT2D eigenvalue weighted by molar-refractivity contribution is 0.346. The zero-order chi connectivity index (χ0) is 13.3. The Balaban J connectivity index is 2.51. The predicted octanol–water partition coefficient (Wildman–Crippen LogP) is 2.80. The Labute approximate surface area is 113 Å². The molecule has 18 heavy (non-hydrogen) atoms. The van der Waals surface area contributed by atoms with Crippen LogP contribution in [0.2, 0.25) is 0 Å². The molecule has 0 bridgehead atoms. The van der Waals surface area contributed by atoms with Crippen LogP contribution in [0, 0.1) is 0 Å². The summed E-state index contributed by atoms with van der Waals surface area (Å²) in [5, 5.41) is 0. The first kappa shape index (κ1) is 13.6. The van der Waals surface area contributed by atoms with Crippen molar-refractivity contribution in [2.24, 2.45) is 5.73 Å². The second kappa shape index (κ2) is 5.02. The van der Waals surface area contributed by atoms with Crippen LogP contribution in [0.5, 0.6) is 11.5 Å². The molecule has 0 aromatic heterocycles. The third-order valence-electron chi connectivity index (χ3n) is 3.90. The summed E-state index contributed by atoms with van der Waals surface area (Å²) < 4.78 is 10.9. The summed E-state index contributed by atoms with van der Waals surface area (Å²) in [5.74, 6) is 1.61. The number of nitrogens with two attached hydrogens (primary N) is 1. The molecule has 1 aliphatic rings. The van der Waals surface area contributed by atoms with Crippen molar-refractivity contribution in [3.63, 3.8) is 0 Å². The van der Waals surface area contributed by atoms with Crippen LogP contribution in [0.1, 0.15) is 25.3 Å². The Morgan fingerprint density at radius 1 is 1.28 bits per heavy atom. The van der Waals surface area contributed by atoms with Gasteiger partial charge in [-0.05, 0) is 43.7 Å². The number of methoxy groups -OCH3 is 2. The maximum atomic E-state index is 6.14. The summed E-state index contributed by atoms with van der Waals surface area (Å²) >= 11 is 1.67. The zero-order valence-corrected chi connectivity index (χ0v) is 12.3. The molecule has 3 nitrogen and oxygen atoms in total. The van der Waals surface area contributed by atoms with Crippen molar-refractivity contribution in [2.45, 2.75) is 36.1 Å². The number of benzene rings is 1. The third-order valence-corrected chi connectivity index (χ3v) is 4.64. The lowest BCUT2D eigenvalue weighted by Crippen LogP contribution is -2.31. The minimum atomic E-state index is 0.143. The molecule has 2 N–H and O–H groups in total. The summed E-state index contributed by atoms with van der Waals surface area (Å²) in [5.41, 5.74) is 7.56. The molecule has 1 unspecified atom stereocenters. The van der Waals surface area contributed by atoms with Crippen molar-refractivity contribution in [1.82, 2.24) is 0 Å². The number of hydrogen-bond donors (Lipinski definition) is 1. The normalized spacial score (nSPS) is 18.3. The molecule has 1 aliphatic carbocycles. The van der Waals surface area contributed by atoms with Crippen molar-refractivity contribution in [1.29, 1.82) is 0 Å². The lowest BCUT2D eigenvalue weighted by atomic mass is 9.89. The summed E-state index contributed by atoms with van der Waals surface area (Å²) in [4.78, 5) is 1.11. The van der Waals surface area contributed by atoms with Gasteiger partial charge in [0, 0.05) is 11.5 Å². The van der Waals surface area contributed by atoms with Gasteiger partial charge in [-0.2, -0.15) is 0 Å². The predicted molar refractivity (Wildman–Crippen MR) is 75.9 cm³/mol. The Kier molecular flexibility index (Phi) is 3.78. The van der Waals surface area contributed by atoms with Crippen LogP contribution < -0.4 is 15.2 Å². The number of ether oxygens (including phenoxy) is 2. The number of hydrogen-bond acceptors (Lipinski definition) is 4. The molecule has 1 aromatic carbocycles. The fraction of sp³-hybridized carbons (Fsp3) is 0.571. The van der Waals surface area contributed by atoms with E-state index in [0.717, 1.165) is 29.2 Å². The van der Waals surface area contributed by atoms with E-state index in [-0.39, 0.29) is 11.5 Å². The monoisotopic (exact) mass is 267 g/mol. The molecule has 4 heteroatoms. The van der Waals surface area contributed by atoms with Gasteiger partial charge < -0.3 is 15.2 Å². The van der Waals surface area contributed by atoms with E-state index in [0.29, 0.717) is 0 Å². The molecule has 0 saturated heterocycles. The summed E-state index contributed by atoms with van der Waals surface area (Å²) in [6, 6.07) is 4.45. The van der Waals surface area contributed by atoms with Gasteiger partial charge in [-0.1, -0.05) is 0 Å².